The molecule has 0 bridgehead atoms. The van der Waals surface area contributed by atoms with Crippen molar-refractivity contribution in [3.05, 3.63) is 170 Å². The summed E-state index contributed by atoms with van der Waals surface area (Å²) in [5, 5.41) is 6.44. The first-order chi connectivity index (χ1) is 26.7. The molecule has 3 aromatic heterocycles. The first-order valence-electron chi connectivity index (χ1n) is 17.9. The Hall–Kier alpha value is -7.44. The summed E-state index contributed by atoms with van der Waals surface area (Å²) >= 11 is 0. The standard InChI is InChI=1S/C48H28N4O2/c1-3-13-30(14-4-1)45-50-46(33-23-22-29-12-7-8-17-32(29)26-33)52-47(51-45)38-25-24-36(34-18-9-10-19-35(34)38)37-20-11-21-41-44(37)39-27-40-43(28-42(39)53-41)54-48(49-40)31-15-5-2-6-16-31/h1-28H. The average molecular weight is 693 g/mol. The summed E-state index contributed by atoms with van der Waals surface area (Å²) in [6.07, 6.45) is 0. The van der Waals surface area contributed by atoms with E-state index in [1.54, 1.807) is 0 Å². The highest BCUT2D eigenvalue weighted by Crippen LogP contribution is 2.42. The van der Waals surface area contributed by atoms with Gasteiger partial charge in [-0.2, -0.15) is 0 Å². The van der Waals surface area contributed by atoms with Crippen molar-refractivity contribution in [2.24, 2.45) is 0 Å². The summed E-state index contributed by atoms with van der Waals surface area (Å²) in [6, 6.07) is 57.8. The van der Waals surface area contributed by atoms with Crippen LogP contribution < -0.4 is 0 Å². The van der Waals surface area contributed by atoms with Gasteiger partial charge in [-0.3, -0.25) is 0 Å². The lowest BCUT2D eigenvalue weighted by atomic mass is 9.92. The molecule has 0 aliphatic heterocycles. The minimum Gasteiger partial charge on any atom is -0.456 e. The van der Waals surface area contributed by atoms with Gasteiger partial charge < -0.3 is 8.83 Å². The van der Waals surface area contributed by atoms with Gasteiger partial charge in [-0.15, -0.1) is 0 Å². The number of rotatable bonds is 5. The van der Waals surface area contributed by atoms with E-state index in [1.807, 2.05) is 78.9 Å². The van der Waals surface area contributed by atoms with E-state index in [4.69, 9.17) is 28.8 Å². The van der Waals surface area contributed by atoms with Gasteiger partial charge in [0.05, 0.1) is 0 Å². The molecular weight excluding hydrogens is 665 g/mol. The average Bonchev–Trinajstić information content (AvgIpc) is 3.83. The molecule has 0 fully saturated rings. The van der Waals surface area contributed by atoms with E-state index in [0.29, 0.717) is 28.9 Å². The minimum absolute atomic E-state index is 0.585. The van der Waals surface area contributed by atoms with Gasteiger partial charge in [0.25, 0.3) is 0 Å². The van der Waals surface area contributed by atoms with E-state index in [0.717, 1.165) is 77.0 Å². The van der Waals surface area contributed by atoms with E-state index in [1.165, 1.54) is 5.39 Å². The predicted octanol–water partition coefficient (Wildman–Crippen LogP) is 12.6. The maximum Gasteiger partial charge on any atom is 0.227 e. The molecule has 0 aliphatic carbocycles. The van der Waals surface area contributed by atoms with Gasteiger partial charge >= 0.3 is 0 Å². The molecule has 54 heavy (non-hydrogen) atoms. The highest BCUT2D eigenvalue weighted by atomic mass is 16.4. The molecule has 0 N–H and O–H groups in total. The van der Waals surface area contributed by atoms with Crippen LogP contribution in [-0.4, -0.2) is 19.9 Å². The Morgan fingerprint density at radius 2 is 1.00 bits per heavy atom. The highest BCUT2D eigenvalue weighted by Gasteiger charge is 2.20. The summed E-state index contributed by atoms with van der Waals surface area (Å²) in [4.78, 5) is 20.1. The Balaban J connectivity index is 1.09. The lowest BCUT2D eigenvalue weighted by Crippen LogP contribution is -2.00. The quantitative estimate of drug-likeness (QED) is 0.179. The molecule has 0 amide bonds. The zero-order valence-corrected chi connectivity index (χ0v) is 28.8. The van der Waals surface area contributed by atoms with Crippen molar-refractivity contribution >= 4 is 54.6 Å². The van der Waals surface area contributed by atoms with Crippen LogP contribution >= 0.6 is 0 Å². The van der Waals surface area contributed by atoms with Crippen molar-refractivity contribution in [3.63, 3.8) is 0 Å². The second kappa shape index (κ2) is 12.1. The topological polar surface area (TPSA) is 77.8 Å². The number of nitrogens with zero attached hydrogens (tertiary/aromatic N) is 4. The molecule has 0 aliphatic rings. The Labute approximate surface area is 309 Å². The lowest BCUT2D eigenvalue weighted by Gasteiger charge is -2.14. The number of hydrogen-bond acceptors (Lipinski definition) is 6. The molecular formula is C48H28N4O2. The first-order valence-corrected chi connectivity index (χ1v) is 17.9. The third-order valence-corrected chi connectivity index (χ3v) is 10.2. The van der Waals surface area contributed by atoms with E-state index >= 15 is 0 Å². The Morgan fingerprint density at radius 1 is 0.333 bits per heavy atom. The summed E-state index contributed by atoms with van der Waals surface area (Å²) in [5.41, 5.74) is 8.90. The van der Waals surface area contributed by atoms with Crippen molar-refractivity contribution < 1.29 is 8.83 Å². The molecule has 0 saturated carbocycles. The third-order valence-electron chi connectivity index (χ3n) is 10.2. The van der Waals surface area contributed by atoms with Crippen LogP contribution in [0, 0.1) is 0 Å². The number of furan rings is 1. The van der Waals surface area contributed by atoms with E-state index in [2.05, 4.69) is 91.0 Å². The molecule has 6 heteroatoms. The van der Waals surface area contributed by atoms with Gasteiger partial charge in [0.2, 0.25) is 5.89 Å². The molecule has 11 rings (SSSR count). The van der Waals surface area contributed by atoms with Crippen LogP contribution in [0.25, 0.3) is 111 Å². The maximum atomic E-state index is 6.47. The fourth-order valence-electron chi connectivity index (χ4n) is 7.58. The van der Waals surface area contributed by atoms with Crippen LogP contribution in [0.2, 0.25) is 0 Å². The van der Waals surface area contributed by atoms with Crippen LogP contribution in [0.4, 0.5) is 0 Å². The fourth-order valence-corrected chi connectivity index (χ4v) is 7.58. The summed E-state index contributed by atoms with van der Waals surface area (Å²) in [7, 11) is 0. The highest BCUT2D eigenvalue weighted by molar-refractivity contribution is 6.18. The number of aromatic nitrogens is 4. The van der Waals surface area contributed by atoms with Gasteiger partial charge in [0, 0.05) is 39.1 Å². The number of fused-ring (bicyclic) bond motifs is 6. The van der Waals surface area contributed by atoms with Crippen LogP contribution in [-0.2, 0) is 0 Å². The summed E-state index contributed by atoms with van der Waals surface area (Å²) < 4.78 is 12.7. The van der Waals surface area contributed by atoms with Crippen LogP contribution in [0.5, 0.6) is 0 Å². The lowest BCUT2D eigenvalue weighted by molar-refractivity contribution is 0.617. The van der Waals surface area contributed by atoms with E-state index in [9.17, 15) is 0 Å². The van der Waals surface area contributed by atoms with Gasteiger partial charge in [0.1, 0.15) is 16.7 Å². The second-order valence-electron chi connectivity index (χ2n) is 13.4. The molecule has 6 nitrogen and oxygen atoms in total. The molecule has 252 valence electrons. The fraction of sp³-hybridized carbons (Fsp3) is 0. The molecule has 3 heterocycles. The second-order valence-corrected chi connectivity index (χ2v) is 13.4. The van der Waals surface area contributed by atoms with E-state index in [-0.39, 0.29) is 0 Å². The Morgan fingerprint density at radius 3 is 1.81 bits per heavy atom. The van der Waals surface area contributed by atoms with Crippen molar-refractivity contribution in [1.82, 2.24) is 19.9 Å². The first kappa shape index (κ1) is 30.2. The predicted molar refractivity (Wildman–Crippen MR) is 217 cm³/mol. The van der Waals surface area contributed by atoms with Gasteiger partial charge in [-0.25, -0.2) is 19.9 Å². The largest absolute Gasteiger partial charge is 0.456 e. The van der Waals surface area contributed by atoms with Crippen molar-refractivity contribution in [2.75, 3.05) is 0 Å². The van der Waals surface area contributed by atoms with Crippen LogP contribution in [0.3, 0.4) is 0 Å². The van der Waals surface area contributed by atoms with Gasteiger partial charge in [-0.05, 0) is 69.1 Å². The maximum absolute atomic E-state index is 6.47. The van der Waals surface area contributed by atoms with Crippen molar-refractivity contribution in [1.29, 1.82) is 0 Å². The number of benzene rings is 8. The van der Waals surface area contributed by atoms with Gasteiger partial charge in [0.15, 0.2) is 23.1 Å². The SMILES string of the molecule is c1ccc(-c2nc(-c3ccc4ccccc4c3)nc(-c3ccc(-c4cccc5oc6cc7oc(-c8ccccc8)nc7cc6c45)c4ccccc34)n2)cc1. The monoisotopic (exact) mass is 692 g/mol. The normalized spacial score (nSPS) is 11.7. The van der Waals surface area contributed by atoms with Gasteiger partial charge in [-0.1, -0.05) is 127 Å². The molecule has 0 spiro atoms. The van der Waals surface area contributed by atoms with E-state index < -0.39 is 0 Å². The zero-order valence-electron chi connectivity index (χ0n) is 28.8. The zero-order chi connectivity index (χ0) is 35.6. The van der Waals surface area contributed by atoms with Crippen molar-refractivity contribution in [2.45, 2.75) is 0 Å². The number of hydrogen-bond donors (Lipinski definition) is 0. The smallest absolute Gasteiger partial charge is 0.227 e. The molecule has 0 saturated heterocycles. The third kappa shape index (κ3) is 4.96. The summed E-state index contributed by atoms with van der Waals surface area (Å²) in [5.74, 6) is 2.45. The van der Waals surface area contributed by atoms with Crippen LogP contribution in [0.15, 0.2) is 179 Å². The van der Waals surface area contributed by atoms with Crippen molar-refractivity contribution in [3.8, 4) is 56.7 Å². The Bertz CT molecular complexity index is 3220. The number of oxazole rings is 1. The van der Waals surface area contributed by atoms with Crippen LogP contribution in [0.1, 0.15) is 0 Å². The molecule has 0 radical (unpaired) electrons. The Kier molecular flexibility index (Phi) is 6.75. The molecule has 0 atom stereocenters. The molecule has 0 unspecified atom stereocenters. The molecule has 8 aromatic carbocycles. The minimum atomic E-state index is 0.585. The molecule has 11 aromatic rings. The summed E-state index contributed by atoms with van der Waals surface area (Å²) in [6.45, 7) is 0.